The quantitative estimate of drug-likeness (QED) is 0.773. The van der Waals surface area contributed by atoms with E-state index in [4.69, 9.17) is 4.74 Å². The van der Waals surface area contributed by atoms with E-state index in [0.29, 0.717) is 19.4 Å². The first-order valence-corrected chi connectivity index (χ1v) is 5.59. The summed E-state index contributed by atoms with van der Waals surface area (Å²) >= 11 is 1.57. The van der Waals surface area contributed by atoms with Gasteiger partial charge in [-0.3, -0.25) is 9.20 Å². The first kappa shape index (κ1) is 10.3. The third-order valence-electron chi connectivity index (χ3n) is 2.11. The minimum Gasteiger partial charge on any atom is -0.384 e. The van der Waals surface area contributed by atoms with Gasteiger partial charge in [-0.2, -0.15) is 0 Å². The SMILES string of the molecule is COCCC(=O)Cc1cn2ccsc2n1. The Morgan fingerprint density at radius 3 is 3.27 bits per heavy atom. The maximum atomic E-state index is 11.4. The van der Waals surface area contributed by atoms with Crippen LogP contribution in [0.25, 0.3) is 4.96 Å². The highest BCUT2D eigenvalue weighted by Crippen LogP contribution is 2.12. The fourth-order valence-corrected chi connectivity index (χ4v) is 2.09. The van der Waals surface area contributed by atoms with Crippen LogP contribution >= 0.6 is 11.3 Å². The van der Waals surface area contributed by atoms with Gasteiger partial charge < -0.3 is 4.74 Å². The van der Waals surface area contributed by atoms with E-state index >= 15 is 0 Å². The number of rotatable bonds is 5. The number of Topliss-reactive ketones (excluding diaryl/α,β-unsaturated/α-hetero) is 1. The highest BCUT2D eigenvalue weighted by atomic mass is 32.1. The Kier molecular flexibility index (Phi) is 3.13. The second-order valence-corrected chi connectivity index (χ2v) is 4.16. The summed E-state index contributed by atoms with van der Waals surface area (Å²) < 4.78 is 6.78. The minimum atomic E-state index is 0.169. The number of fused-ring (bicyclic) bond motifs is 1. The van der Waals surface area contributed by atoms with Crippen molar-refractivity contribution in [3.63, 3.8) is 0 Å². The molecule has 0 fully saturated rings. The molecule has 2 heterocycles. The molecule has 0 aliphatic heterocycles. The van der Waals surface area contributed by atoms with Gasteiger partial charge in [-0.25, -0.2) is 4.98 Å². The number of carbonyl (C=O) groups excluding carboxylic acids is 1. The van der Waals surface area contributed by atoms with Crippen molar-refractivity contribution in [2.24, 2.45) is 0 Å². The van der Waals surface area contributed by atoms with Crippen LogP contribution in [0.15, 0.2) is 17.8 Å². The van der Waals surface area contributed by atoms with E-state index < -0.39 is 0 Å². The molecule has 0 aliphatic rings. The molecule has 2 aromatic rings. The molecule has 0 N–H and O–H groups in total. The molecule has 2 rings (SSSR count). The van der Waals surface area contributed by atoms with E-state index in [2.05, 4.69) is 4.98 Å². The summed E-state index contributed by atoms with van der Waals surface area (Å²) in [6.45, 7) is 0.487. The largest absolute Gasteiger partial charge is 0.384 e. The fraction of sp³-hybridized carbons (Fsp3) is 0.400. The third kappa shape index (κ3) is 2.43. The summed E-state index contributed by atoms with van der Waals surface area (Å²) in [6, 6.07) is 0. The molecule has 0 saturated heterocycles. The van der Waals surface area contributed by atoms with Crippen LogP contribution < -0.4 is 0 Å². The smallest absolute Gasteiger partial charge is 0.193 e. The monoisotopic (exact) mass is 224 g/mol. The molecule has 5 heteroatoms. The molecule has 15 heavy (non-hydrogen) atoms. The Bertz CT molecular complexity index is 432. The van der Waals surface area contributed by atoms with Gasteiger partial charge in [0.05, 0.1) is 18.7 Å². The first-order chi connectivity index (χ1) is 7.29. The molecule has 0 saturated carbocycles. The number of thiazole rings is 1. The lowest BCUT2D eigenvalue weighted by molar-refractivity contribution is -0.119. The number of imidazole rings is 1. The lowest BCUT2D eigenvalue weighted by Gasteiger charge is -1.96. The summed E-state index contributed by atoms with van der Waals surface area (Å²) in [7, 11) is 1.60. The van der Waals surface area contributed by atoms with Crippen LogP contribution in [0, 0.1) is 0 Å². The van der Waals surface area contributed by atoms with Crippen LogP contribution in [-0.2, 0) is 16.0 Å². The van der Waals surface area contributed by atoms with Crippen LogP contribution in [0.2, 0.25) is 0 Å². The lowest BCUT2D eigenvalue weighted by Crippen LogP contribution is -2.06. The Labute approximate surface area is 91.5 Å². The van der Waals surface area contributed by atoms with Crippen molar-refractivity contribution >= 4 is 22.1 Å². The van der Waals surface area contributed by atoms with E-state index in [-0.39, 0.29) is 5.78 Å². The molecule has 0 spiro atoms. The molecule has 2 aromatic heterocycles. The van der Waals surface area contributed by atoms with Gasteiger partial charge in [-0.15, -0.1) is 11.3 Å². The molecule has 0 radical (unpaired) electrons. The number of ether oxygens (including phenoxy) is 1. The van der Waals surface area contributed by atoms with E-state index in [1.807, 2.05) is 22.2 Å². The highest BCUT2D eigenvalue weighted by molar-refractivity contribution is 7.15. The van der Waals surface area contributed by atoms with Crippen LogP contribution in [0.3, 0.4) is 0 Å². The Balaban J connectivity index is 2.00. The molecule has 4 nitrogen and oxygen atoms in total. The molecular formula is C10H12N2O2S. The molecule has 80 valence electrons. The predicted molar refractivity (Wildman–Crippen MR) is 58.3 cm³/mol. The van der Waals surface area contributed by atoms with Gasteiger partial charge in [0.2, 0.25) is 0 Å². The van der Waals surface area contributed by atoms with Gasteiger partial charge >= 0.3 is 0 Å². The van der Waals surface area contributed by atoms with Crippen LogP contribution in [0.5, 0.6) is 0 Å². The average Bonchev–Trinajstić information content (AvgIpc) is 2.74. The molecule has 0 atom stereocenters. The van der Waals surface area contributed by atoms with Crippen LogP contribution in [-0.4, -0.2) is 28.9 Å². The Morgan fingerprint density at radius 2 is 2.53 bits per heavy atom. The predicted octanol–water partition coefficient (Wildman–Crippen LogP) is 1.54. The van der Waals surface area contributed by atoms with Gasteiger partial charge in [-0.05, 0) is 0 Å². The summed E-state index contributed by atoms with van der Waals surface area (Å²) in [5.41, 5.74) is 0.836. The van der Waals surface area contributed by atoms with E-state index in [9.17, 15) is 4.79 Å². The summed E-state index contributed by atoms with van der Waals surface area (Å²) in [4.78, 5) is 16.7. The number of carbonyl (C=O) groups is 1. The minimum absolute atomic E-state index is 0.169. The Hall–Kier alpha value is -1.20. The maximum Gasteiger partial charge on any atom is 0.193 e. The van der Waals surface area contributed by atoms with Crippen molar-refractivity contribution in [3.8, 4) is 0 Å². The summed E-state index contributed by atoms with van der Waals surface area (Å²) in [5, 5.41) is 1.97. The van der Waals surface area contributed by atoms with Crippen molar-refractivity contribution in [2.75, 3.05) is 13.7 Å². The van der Waals surface area contributed by atoms with Crippen molar-refractivity contribution in [1.82, 2.24) is 9.38 Å². The second-order valence-electron chi connectivity index (χ2n) is 3.28. The number of hydrogen-bond acceptors (Lipinski definition) is 4. The van der Waals surface area contributed by atoms with E-state index in [0.717, 1.165) is 10.7 Å². The standard InChI is InChI=1S/C10H12N2O2S/c1-14-4-2-9(13)6-8-7-12-3-5-15-10(12)11-8/h3,5,7H,2,4,6H2,1H3. The normalized spacial score (nSPS) is 11.0. The number of methoxy groups -OCH3 is 1. The maximum absolute atomic E-state index is 11.4. The lowest BCUT2D eigenvalue weighted by atomic mass is 10.2. The molecule has 0 aromatic carbocycles. The first-order valence-electron chi connectivity index (χ1n) is 4.71. The van der Waals surface area contributed by atoms with Gasteiger partial charge in [0.15, 0.2) is 4.96 Å². The highest BCUT2D eigenvalue weighted by Gasteiger charge is 2.07. The van der Waals surface area contributed by atoms with Crippen molar-refractivity contribution < 1.29 is 9.53 Å². The third-order valence-corrected chi connectivity index (χ3v) is 2.88. The zero-order chi connectivity index (χ0) is 10.7. The second kappa shape index (κ2) is 4.55. The number of ketones is 1. The average molecular weight is 224 g/mol. The van der Waals surface area contributed by atoms with Gasteiger partial charge in [0.1, 0.15) is 5.78 Å². The zero-order valence-corrected chi connectivity index (χ0v) is 9.29. The van der Waals surface area contributed by atoms with Crippen molar-refractivity contribution in [2.45, 2.75) is 12.8 Å². The molecule has 0 bridgehead atoms. The van der Waals surface area contributed by atoms with Crippen LogP contribution in [0.4, 0.5) is 0 Å². The van der Waals surface area contributed by atoms with Crippen molar-refractivity contribution in [3.05, 3.63) is 23.5 Å². The summed E-state index contributed by atoms with van der Waals surface area (Å²) in [6.07, 6.45) is 4.70. The molecule has 0 unspecified atom stereocenters. The number of hydrogen-bond donors (Lipinski definition) is 0. The molecule has 0 aliphatic carbocycles. The molecular weight excluding hydrogens is 212 g/mol. The topological polar surface area (TPSA) is 43.6 Å². The van der Waals surface area contributed by atoms with Gasteiger partial charge in [-0.1, -0.05) is 0 Å². The molecule has 0 amide bonds. The fourth-order valence-electron chi connectivity index (χ4n) is 1.37. The summed E-state index contributed by atoms with van der Waals surface area (Å²) in [5.74, 6) is 0.169. The van der Waals surface area contributed by atoms with E-state index in [1.165, 1.54) is 0 Å². The van der Waals surface area contributed by atoms with E-state index in [1.54, 1.807) is 18.4 Å². The number of nitrogens with zero attached hydrogens (tertiary/aromatic N) is 2. The van der Waals surface area contributed by atoms with Crippen LogP contribution in [0.1, 0.15) is 12.1 Å². The van der Waals surface area contributed by atoms with Crippen molar-refractivity contribution in [1.29, 1.82) is 0 Å². The van der Waals surface area contributed by atoms with Gasteiger partial charge in [0.25, 0.3) is 0 Å². The Morgan fingerprint density at radius 1 is 1.67 bits per heavy atom. The zero-order valence-electron chi connectivity index (χ0n) is 8.47. The number of aromatic nitrogens is 2. The van der Waals surface area contributed by atoms with Gasteiger partial charge in [0, 0.05) is 31.3 Å².